The zero-order valence-electron chi connectivity index (χ0n) is 12.8. The smallest absolute Gasteiger partial charge is 0.357 e. The number of pyridine rings is 1. The first kappa shape index (κ1) is 15.7. The van der Waals surface area contributed by atoms with Gasteiger partial charge in [-0.3, -0.25) is 4.79 Å². The second kappa shape index (κ2) is 6.85. The molecule has 0 saturated carbocycles. The predicted octanol–water partition coefficient (Wildman–Crippen LogP) is 3.21. The van der Waals surface area contributed by atoms with Crippen LogP contribution in [0.5, 0.6) is 0 Å². The molecule has 114 valence electrons. The maximum atomic E-state index is 12.2. The average molecular weight is 298 g/mol. The molecule has 2 aromatic rings. The SMILES string of the molecule is Cc1ccc(NC(=O)c2cccc(C(=O)OC(C)C)n2)cc1. The summed E-state index contributed by atoms with van der Waals surface area (Å²) in [6, 6.07) is 12.1. The van der Waals surface area contributed by atoms with E-state index in [0.29, 0.717) is 5.69 Å². The van der Waals surface area contributed by atoms with Gasteiger partial charge in [-0.15, -0.1) is 0 Å². The van der Waals surface area contributed by atoms with Crippen molar-refractivity contribution < 1.29 is 14.3 Å². The maximum Gasteiger partial charge on any atom is 0.357 e. The van der Waals surface area contributed by atoms with Crippen molar-refractivity contribution in [2.45, 2.75) is 26.9 Å². The number of nitrogens with one attached hydrogen (secondary N) is 1. The molecule has 0 fully saturated rings. The molecule has 5 nitrogen and oxygen atoms in total. The highest BCUT2D eigenvalue weighted by Gasteiger charge is 2.14. The van der Waals surface area contributed by atoms with Gasteiger partial charge in [0.1, 0.15) is 11.4 Å². The molecule has 1 amide bonds. The molecule has 0 radical (unpaired) electrons. The topological polar surface area (TPSA) is 68.3 Å². The second-order valence-electron chi connectivity index (χ2n) is 5.18. The predicted molar refractivity (Wildman–Crippen MR) is 83.9 cm³/mol. The van der Waals surface area contributed by atoms with Gasteiger partial charge in [0, 0.05) is 5.69 Å². The van der Waals surface area contributed by atoms with E-state index in [9.17, 15) is 9.59 Å². The Morgan fingerprint density at radius 1 is 1.05 bits per heavy atom. The minimum atomic E-state index is -0.542. The Bertz CT molecular complexity index is 679. The molecule has 0 unspecified atom stereocenters. The van der Waals surface area contributed by atoms with E-state index in [0.717, 1.165) is 5.56 Å². The molecule has 1 N–H and O–H groups in total. The lowest BCUT2D eigenvalue weighted by atomic mass is 10.2. The molecular formula is C17H18N2O3. The van der Waals surface area contributed by atoms with E-state index in [4.69, 9.17) is 4.74 Å². The molecule has 22 heavy (non-hydrogen) atoms. The third kappa shape index (κ3) is 4.15. The van der Waals surface area contributed by atoms with Gasteiger partial charge in [-0.2, -0.15) is 0 Å². The third-order valence-electron chi connectivity index (χ3n) is 2.84. The Kier molecular flexibility index (Phi) is 4.88. The van der Waals surface area contributed by atoms with Gasteiger partial charge in [0.15, 0.2) is 0 Å². The van der Waals surface area contributed by atoms with Crippen LogP contribution in [0.3, 0.4) is 0 Å². The second-order valence-corrected chi connectivity index (χ2v) is 5.18. The van der Waals surface area contributed by atoms with Crippen LogP contribution in [-0.4, -0.2) is 23.0 Å². The van der Waals surface area contributed by atoms with Crippen molar-refractivity contribution in [2.24, 2.45) is 0 Å². The molecule has 0 spiro atoms. The number of benzene rings is 1. The largest absolute Gasteiger partial charge is 0.458 e. The molecule has 0 saturated heterocycles. The Morgan fingerprint density at radius 2 is 1.68 bits per heavy atom. The van der Waals surface area contributed by atoms with Gasteiger partial charge in [0.2, 0.25) is 0 Å². The molecule has 0 aliphatic carbocycles. The van der Waals surface area contributed by atoms with E-state index < -0.39 is 5.97 Å². The van der Waals surface area contributed by atoms with Crippen molar-refractivity contribution in [3.63, 3.8) is 0 Å². The number of hydrogen-bond acceptors (Lipinski definition) is 4. The fourth-order valence-electron chi connectivity index (χ4n) is 1.78. The summed E-state index contributed by atoms with van der Waals surface area (Å²) in [6.07, 6.45) is -0.237. The van der Waals surface area contributed by atoms with Gasteiger partial charge >= 0.3 is 5.97 Å². The first-order chi connectivity index (χ1) is 10.5. The number of esters is 1. The van der Waals surface area contributed by atoms with Gasteiger partial charge in [0.05, 0.1) is 6.10 Å². The van der Waals surface area contributed by atoms with Crippen LogP contribution in [0.25, 0.3) is 0 Å². The molecule has 2 rings (SSSR count). The summed E-state index contributed by atoms with van der Waals surface area (Å²) in [5.74, 6) is -0.914. The zero-order chi connectivity index (χ0) is 16.1. The zero-order valence-corrected chi connectivity index (χ0v) is 12.8. The summed E-state index contributed by atoms with van der Waals surface area (Å²) >= 11 is 0. The number of aryl methyl sites for hydroxylation is 1. The van der Waals surface area contributed by atoms with Crippen LogP contribution >= 0.6 is 0 Å². The summed E-state index contributed by atoms with van der Waals surface area (Å²) in [5, 5.41) is 2.74. The van der Waals surface area contributed by atoms with Crippen molar-refractivity contribution in [1.82, 2.24) is 4.98 Å². The summed E-state index contributed by atoms with van der Waals surface area (Å²) in [7, 11) is 0. The summed E-state index contributed by atoms with van der Waals surface area (Å²) in [5.41, 5.74) is 2.06. The van der Waals surface area contributed by atoms with Crippen LogP contribution in [0.2, 0.25) is 0 Å². The van der Waals surface area contributed by atoms with E-state index >= 15 is 0 Å². The van der Waals surface area contributed by atoms with Gasteiger partial charge in [0.25, 0.3) is 5.91 Å². The highest BCUT2D eigenvalue weighted by Crippen LogP contribution is 2.11. The number of carbonyl (C=O) groups excluding carboxylic acids is 2. The normalized spacial score (nSPS) is 10.4. The lowest BCUT2D eigenvalue weighted by Crippen LogP contribution is -2.17. The number of ether oxygens (including phenoxy) is 1. The Morgan fingerprint density at radius 3 is 2.32 bits per heavy atom. The highest BCUT2D eigenvalue weighted by atomic mass is 16.5. The maximum absolute atomic E-state index is 12.2. The van der Waals surface area contributed by atoms with E-state index in [2.05, 4.69) is 10.3 Å². The third-order valence-corrected chi connectivity index (χ3v) is 2.84. The number of carbonyl (C=O) groups is 2. The Hall–Kier alpha value is -2.69. The fourth-order valence-corrected chi connectivity index (χ4v) is 1.78. The van der Waals surface area contributed by atoms with Crippen LogP contribution in [0, 0.1) is 6.92 Å². The number of anilines is 1. The number of amides is 1. The number of rotatable bonds is 4. The molecule has 0 atom stereocenters. The van der Waals surface area contributed by atoms with Gasteiger partial charge in [-0.05, 0) is 45.0 Å². The molecule has 0 aliphatic heterocycles. The molecule has 0 aliphatic rings. The van der Waals surface area contributed by atoms with Crippen molar-refractivity contribution >= 4 is 17.6 Å². The fraction of sp³-hybridized carbons (Fsp3) is 0.235. The van der Waals surface area contributed by atoms with Crippen molar-refractivity contribution in [3.8, 4) is 0 Å². The van der Waals surface area contributed by atoms with E-state index in [-0.39, 0.29) is 23.4 Å². The molecule has 0 bridgehead atoms. The van der Waals surface area contributed by atoms with Crippen LogP contribution < -0.4 is 5.32 Å². The van der Waals surface area contributed by atoms with Crippen LogP contribution in [-0.2, 0) is 4.74 Å². The molecule has 1 aromatic carbocycles. The highest BCUT2D eigenvalue weighted by molar-refractivity contribution is 6.03. The van der Waals surface area contributed by atoms with Crippen molar-refractivity contribution in [3.05, 3.63) is 59.4 Å². The van der Waals surface area contributed by atoms with E-state index in [1.165, 1.54) is 6.07 Å². The van der Waals surface area contributed by atoms with Gasteiger partial charge in [-0.25, -0.2) is 9.78 Å². The summed E-state index contributed by atoms with van der Waals surface area (Å²) in [4.78, 5) is 28.0. The Balaban J connectivity index is 2.13. The average Bonchev–Trinajstić information content (AvgIpc) is 2.49. The summed E-state index contributed by atoms with van der Waals surface area (Å²) < 4.78 is 5.07. The van der Waals surface area contributed by atoms with E-state index in [1.54, 1.807) is 26.0 Å². The molecule has 5 heteroatoms. The number of nitrogens with zero attached hydrogens (tertiary/aromatic N) is 1. The van der Waals surface area contributed by atoms with Crippen molar-refractivity contribution in [1.29, 1.82) is 0 Å². The first-order valence-corrected chi connectivity index (χ1v) is 7.02. The van der Waals surface area contributed by atoms with Crippen molar-refractivity contribution in [2.75, 3.05) is 5.32 Å². The van der Waals surface area contributed by atoms with Crippen LogP contribution in [0.1, 0.15) is 40.4 Å². The number of aromatic nitrogens is 1. The lowest BCUT2D eigenvalue weighted by Gasteiger charge is -2.08. The molecular weight excluding hydrogens is 280 g/mol. The molecule has 1 heterocycles. The van der Waals surface area contributed by atoms with Crippen LogP contribution in [0.15, 0.2) is 42.5 Å². The molecule has 1 aromatic heterocycles. The monoisotopic (exact) mass is 298 g/mol. The minimum Gasteiger partial charge on any atom is -0.458 e. The summed E-state index contributed by atoms with van der Waals surface area (Å²) in [6.45, 7) is 5.48. The standard InChI is InChI=1S/C17H18N2O3/c1-11(2)22-17(21)15-6-4-5-14(19-15)16(20)18-13-9-7-12(3)8-10-13/h4-11H,1-3H3,(H,18,20). The number of hydrogen-bond donors (Lipinski definition) is 1. The Labute approximate surface area is 129 Å². The quantitative estimate of drug-likeness (QED) is 0.880. The van der Waals surface area contributed by atoms with E-state index in [1.807, 2.05) is 31.2 Å². The van der Waals surface area contributed by atoms with Gasteiger partial charge < -0.3 is 10.1 Å². The first-order valence-electron chi connectivity index (χ1n) is 7.02. The lowest BCUT2D eigenvalue weighted by molar-refractivity contribution is 0.0371. The van der Waals surface area contributed by atoms with Gasteiger partial charge in [-0.1, -0.05) is 23.8 Å². The van der Waals surface area contributed by atoms with Crippen LogP contribution in [0.4, 0.5) is 5.69 Å². The minimum absolute atomic E-state index is 0.116.